The molecule has 0 N–H and O–H groups in total. The smallest absolute Gasteiger partial charge is 0.418 e. The van der Waals surface area contributed by atoms with E-state index in [1.807, 2.05) is 0 Å². The van der Waals surface area contributed by atoms with Crippen LogP contribution in [0.5, 0.6) is 5.75 Å². The molecule has 0 unspecified atom stereocenters. The first-order valence-corrected chi connectivity index (χ1v) is 5.47. The fourth-order valence-electron chi connectivity index (χ4n) is 1.68. The van der Waals surface area contributed by atoms with Gasteiger partial charge in [0.1, 0.15) is 12.4 Å². The average Bonchev–Trinajstić information content (AvgIpc) is 2.34. The predicted octanol–water partition coefficient (Wildman–Crippen LogP) is 3.22. The molecule has 0 saturated carbocycles. The summed E-state index contributed by atoms with van der Waals surface area (Å²) in [6.45, 7) is 1.15. The van der Waals surface area contributed by atoms with E-state index in [4.69, 9.17) is 4.74 Å². The summed E-state index contributed by atoms with van der Waals surface area (Å²) in [5, 5.41) is 0.235. The zero-order valence-electron chi connectivity index (χ0n) is 9.99. The van der Waals surface area contributed by atoms with Crippen LogP contribution >= 0.6 is 0 Å². The molecule has 1 aromatic carbocycles. The first kappa shape index (κ1) is 13.3. The Morgan fingerprint density at radius 3 is 2.68 bits per heavy atom. The van der Waals surface area contributed by atoms with Gasteiger partial charge < -0.3 is 4.74 Å². The van der Waals surface area contributed by atoms with Crippen molar-refractivity contribution >= 4 is 16.7 Å². The third-order valence-corrected chi connectivity index (χ3v) is 2.47. The van der Waals surface area contributed by atoms with Crippen molar-refractivity contribution in [3.63, 3.8) is 0 Å². The van der Waals surface area contributed by atoms with Crippen molar-refractivity contribution in [3.8, 4) is 5.75 Å². The molecule has 0 fully saturated rings. The first-order chi connectivity index (χ1) is 8.89. The SMILES string of the molecule is CC(=O)COc1ccnc2c(C(F)(F)F)cccc12. The van der Waals surface area contributed by atoms with E-state index in [0.29, 0.717) is 0 Å². The van der Waals surface area contributed by atoms with E-state index in [9.17, 15) is 18.0 Å². The van der Waals surface area contributed by atoms with Gasteiger partial charge in [0, 0.05) is 11.6 Å². The van der Waals surface area contributed by atoms with Crippen LogP contribution in [0.2, 0.25) is 0 Å². The van der Waals surface area contributed by atoms with E-state index in [-0.39, 0.29) is 29.0 Å². The molecule has 2 rings (SSSR count). The van der Waals surface area contributed by atoms with Gasteiger partial charge in [-0.3, -0.25) is 9.78 Å². The van der Waals surface area contributed by atoms with Gasteiger partial charge in [-0.05, 0) is 25.1 Å². The van der Waals surface area contributed by atoms with Crippen LogP contribution in [0, 0.1) is 0 Å². The second-order valence-electron chi connectivity index (χ2n) is 4.00. The van der Waals surface area contributed by atoms with Crippen LogP contribution in [0.1, 0.15) is 12.5 Å². The van der Waals surface area contributed by atoms with Crippen LogP contribution < -0.4 is 4.74 Å². The quantitative estimate of drug-likeness (QED) is 0.858. The zero-order chi connectivity index (χ0) is 14.0. The van der Waals surface area contributed by atoms with E-state index >= 15 is 0 Å². The number of carbonyl (C=O) groups is 1. The minimum Gasteiger partial charge on any atom is -0.485 e. The summed E-state index contributed by atoms with van der Waals surface area (Å²) in [6.07, 6.45) is -3.25. The van der Waals surface area contributed by atoms with Gasteiger partial charge >= 0.3 is 6.18 Å². The van der Waals surface area contributed by atoms with Gasteiger partial charge in [0.2, 0.25) is 0 Å². The van der Waals surface area contributed by atoms with Gasteiger partial charge in [0.05, 0.1) is 11.1 Å². The maximum atomic E-state index is 12.8. The molecule has 2 aromatic rings. The average molecular weight is 269 g/mol. The Morgan fingerprint density at radius 1 is 1.32 bits per heavy atom. The number of Topliss-reactive ketones (excluding diaryl/α,β-unsaturated/α-hetero) is 1. The molecule has 0 aliphatic heterocycles. The Labute approximate surface area is 107 Å². The molecule has 0 aliphatic carbocycles. The molecule has 0 amide bonds. The predicted molar refractivity (Wildman–Crippen MR) is 62.9 cm³/mol. The molecule has 0 bridgehead atoms. The van der Waals surface area contributed by atoms with Gasteiger partial charge in [-0.1, -0.05) is 6.07 Å². The number of pyridine rings is 1. The fourth-order valence-corrected chi connectivity index (χ4v) is 1.68. The number of fused-ring (bicyclic) bond motifs is 1. The number of aromatic nitrogens is 1. The number of hydrogen-bond donors (Lipinski definition) is 0. The van der Waals surface area contributed by atoms with Crippen molar-refractivity contribution in [2.24, 2.45) is 0 Å². The maximum Gasteiger partial charge on any atom is 0.418 e. The summed E-state index contributed by atoms with van der Waals surface area (Å²) in [6, 6.07) is 5.16. The Kier molecular flexibility index (Phi) is 3.42. The number of carbonyl (C=O) groups excluding carboxylic acids is 1. The summed E-state index contributed by atoms with van der Waals surface area (Å²) in [7, 11) is 0. The second-order valence-corrected chi connectivity index (χ2v) is 4.00. The van der Waals surface area contributed by atoms with Gasteiger partial charge in [0.25, 0.3) is 0 Å². The molecule has 3 nitrogen and oxygen atoms in total. The minimum absolute atomic E-state index is 0.184. The largest absolute Gasteiger partial charge is 0.485 e. The third kappa shape index (κ3) is 2.83. The van der Waals surface area contributed by atoms with Crippen molar-refractivity contribution in [2.75, 3.05) is 6.61 Å². The molecule has 0 spiro atoms. The highest BCUT2D eigenvalue weighted by molar-refractivity contribution is 5.88. The lowest BCUT2D eigenvalue weighted by Gasteiger charge is -2.12. The number of ether oxygens (including phenoxy) is 1. The van der Waals surface area contributed by atoms with Crippen LogP contribution in [-0.2, 0) is 11.0 Å². The number of rotatable bonds is 3. The number of ketones is 1. The number of halogens is 3. The zero-order valence-corrected chi connectivity index (χ0v) is 9.99. The Balaban J connectivity index is 2.54. The summed E-state index contributed by atoms with van der Waals surface area (Å²) in [5.41, 5.74) is -1.01. The number of benzene rings is 1. The summed E-state index contributed by atoms with van der Waals surface area (Å²) >= 11 is 0. The number of nitrogens with zero attached hydrogens (tertiary/aromatic N) is 1. The first-order valence-electron chi connectivity index (χ1n) is 5.47. The van der Waals surface area contributed by atoms with E-state index in [0.717, 1.165) is 6.07 Å². The number of hydrogen-bond acceptors (Lipinski definition) is 3. The monoisotopic (exact) mass is 269 g/mol. The second kappa shape index (κ2) is 4.87. The number of para-hydroxylation sites is 1. The summed E-state index contributed by atoms with van der Waals surface area (Å²) in [5.74, 6) is 0.00300. The lowest BCUT2D eigenvalue weighted by molar-refractivity contribution is -0.136. The standard InChI is InChI=1S/C13H10F3NO2/c1-8(18)7-19-11-5-6-17-12-9(11)3-2-4-10(12)13(14,15)16/h2-6H,7H2,1H3. The molecule has 1 heterocycles. The molecule has 6 heteroatoms. The Bertz CT molecular complexity index is 623. The highest BCUT2D eigenvalue weighted by Crippen LogP contribution is 2.36. The molecule has 100 valence electrons. The van der Waals surface area contributed by atoms with Crippen molar-refractivity contribution in [1.82, 2.24) is 4.98 Å². The van der Waals surface area contributed by atoms with E-state index in [2.05, 4.69) is 4.98 Å². The topological polar surface area (TPSA) is 39.2 Å². The molecule has 0 atom stereocenters. The lowest BCUT2D eigenvalue weighted by Crippen LogP contribution is -2.09. The molecule has 0 aliphatic rings. The van der Waals surface area contributed by atoms with Crippen molar-refractivity contribution in [1.29, 1.82) is 0 Å². The van der Waals surface area contributed by atoms with Crippen molar-refractivity contribution in [3.05, 3.63) is 36.0 Å². The molecular formula is C13H10F3NO2. The number of alkyl halides is 3. The van der Waals surface area contributed by atoms with Crippen LogP contribution in [0.4, 0.5) is 13.2 Å². The fraction of sp³-hybridized carbons (Fsp3) is 0.231. The van der Waals surface area contributed by atoms with Crippen LogP contribution in [0.3, 0.4) is 0 Å². The highest BCUT2D eigenvalue weighted by atomic mass is 19.4. The lowest BCUT2D eigenvalue weighted by atomic mass is 10.1. The van der Waals surface area contributed by atoms with Crippen molar-refractivity contribution < 1.29 is 22.7 Å². The minimum atomic E-state index is -4.48. The Hall–Kier alpha value is -2.11. The van der Waals surface area contributed by atoms with E-state index in [1.54, 1.807) is 0 Å². The molecule has 1 aromatic heterocycles. The van der Waals surface area contributed by atoms with Crippen LogP contribution in [-0.4, -0.2) is 17.4 Å². The van der Waals surface area contributed by atoms with Gasteiger partial charge in [-0.15, -0.1) is 0 Å². The van der Waals surface area contributed by atoms with E-state index < -0.39 is 11.7 Å². The van der Waals surface area contributed by atoms with Crippen molar-refractivity contribution in [2.45, 2.75) is 13.1 Å². The highest BCUT2D eigenvalue weighted by Gasteiger charge is 2.33. The van der Waals surface area contributed by atoms with Crippen LogP contribution in [0.25, 0.3) is 10.9 Å². The third-order valence-electron chi connectivity index (χ3n) is 2.47. The van der Waals surface area contributed by atoms with E-state index in [1.165, 1.54) is 31.3 Å². The molecule has 0 radical (unpaired) electrons. The summed E-state index contributed by atoms with van der Waals surface area (Å²) in [4.78, 5) is 14.6. The molecular weight excluding hydrogens is 259 g/mol. The van der Waals surface area contributed by atoms with Crippen LogP contribution in [0.15, 0.2) is 30.5 Å². The summed E-state index contributed by atoms with van der Waals surface area (Å²) < 4.78 is 43.7. The Morgan fingerprint density at radius 2 is 2.05 bits per heavy atom. The van der Waals surface area contributed by atoms with Gasteiger partial charge in [0.15, 0.2) is 5.78 Å². The normalized spacial score (nSPS) is 11.6. The van der Waals surface area contributed by atoms with Gasteiger partial charge in [-0.25, -0.2) is 0 Å². The molecule has 19 heavy (non-hydrogen) atoms. The molecule has 0 saturated heterocycles. The maximum absolute atomic E-state index is 12.8. The van der Waals surface area contributed by atoms with Gasteiger partial charge in [-0.2, -0.15) is 13.2 Å².